The second-order valence-corrected chi connectivity index (χ2v) is 8.31. The van der Waals surface area contributed by atoms with Crippen LogP contribution in [0.15, 0.2) is 28.8 Å². The van der Waals surface area contributed by atoms with E-state index in [1.807, 2.05) is 45.0 Å². The zero-order valence-electron chi connectivity index (χ0n) is 16.1. The Labute approximate surface area is 166 Å². The predicted molar refractivity (Wildman–Crippen MR) is 106 cm³/mol. The molecule has 4 rings (SSSR count). The molecule has 1 aromatic heterocycles. The van der Waals surface area contributed by atoms with E-state index in [1.54, 1.807) is 0 Å². The van der Waals surface area contributed by atoms with Gasteiger partial charge in [0.2, 0.25) is 0 Å². The molecule has 2 saturated heterocycles. The normalized spacial score (nSPS) is 22.3. The average molecular weight is 391 g/mol. The first-order valence-corrected chi connectivity index (χ1v) is 9.42. The fourth-order valence-corrected chi connectivity index (χ4v) is 3.95. The third-order valence-electron chi connectivity index (χ3n) is 5.37. The van der Waals surface area contributed by atoms with Crippen molar-refractivity contribution in [1.82, 2.24) is 20.4 Å². The molecule has 2 atom stereocenters. The summed E-state index contributed by atoms with van der Waals surface area (Å²) in [5.41, 5.74) is 1.17. The molecule has 146 valence electrons. The Morgan fingerprint density at radius 3 is 2.67 bits per heavy atom. The van der Waals surface area contributed by atoms with Crippen LogP contribution in [-0.4, -0.2) is 46.1 Å². The second-order valence-electron chi connectivity index (χ2n) is 8.31. The van der Waals surface area contributed by atoms with Crippen molar-refractivity contribution in [2.24, 2.45) is 0 Å². The number of halogens is 1. The van der Waals surface area contributed by atoms with E-state index < -0.39 is 0 Å². The van der Waals surface area contributed by atoms with Gasteiger partial charge in [-0.3, -0.25) is 4.79 Å². The Morgan fingerprint density at radius 1 is 1.19 bits per heavy atom. The van der Waals surface area contributed by atoms with Gasteiger partial charge in [0.1, 0.15) is 0 Å². The number of fused-ring (bicyclic) bond motifs is 2. The number of benzene rings is 1. The number of hydrogen-bond donors (Lipinski definition) is 1. The lowest BCUT2D eigenvalue weighted by atomic mass is 9.96. The minimum atomic E-state index is -0.198. The quantitative estimate of drug-likeness (QED) is 0.850. The Morgan fingerprint density at radius 2 is 1.93 bits per heavy atom. The van der Waals surface area contributed by atoms with Gasteiger partial charge in [-0.1, -0.05) is 38.1 Å². The summed E-state index contributed by atoms with van der Waals surface area (Å²) in [5, 5.41) is 7.56. The monoisotopic (exact) mass is 390 g/mol. The van der Waals surface area contributed by atoms with Gasteiger partial charge >= 0.3 is 0 Å². The minimum Gasteiger partial charge on any atom is -0.334 e. The summed E-state index contributed by atoms with van der Waals surface area (Å²) in [5.74, 6) is 1.14. The smallest absolute Gasteiger partial charge is 0.258 e. The van der Waals surface area contributed by atoms with Gasteiger partial charge in [0.15, 0.2) is 5.82 Å². The zero-order valence-corrected chi connectivity index (χ0v) is 16.9. The summed E-state index contributed by atoms with van der Waals surface area (Å²) < 4.78 is 5.51. The number of nitrogens with one attached hydrogen (secondary N) is 1. The third-order valence-corrected chi connectivity index (χ3v) is 5.37. The van der Waals surface area contributed by atoms with E-state index >= 15 is 0 Å². The number of aromatic nitrogens is 2. The van der Waals surface area contributed by atoms with Crippen LogP contribution in [0.3, 0.4) is 0 Å². The summed E-state index contributed by atoms with van der Waals surface area (Å²) in [6.45, 7) is 7.98. The van der Waals surface area contributed by atoms with Gasteiger partial charge in [-0.05, 0) is 37.9 Å². The lowest BCUT2D eigenvalue weighted by Crippen LogP contribution is -2.42. The molecular formula is C20H27ClN4O2. The first kappa shape index (κ1) is 19.8. The Balaban J connectivity index is 0.00000210. The molecule has 2 aromatic rings. The maximum Gasteiger partial charge on any atom is 0.258 e. The fraction of sp³-hybridized carbons (Fsp3) is 0.550. The highest BCUT2D eigenvalue weighted by Gasteiger charge is 2.39. The van der Waals surface area contributed by atoms with Crippen molar-refractivity contribution in [1.29, 1.82) is 0 Å². The molecule has 2 aliphatic heterocycles. The summed E-state index contributed by atoms with van der Waals surface area (Å²) >= 11 is 0. The molecule has 2 unspecified atom stereocenters. The maximum atomic E-state index is 13.4. The number of amides is 1. The molecule has 2 fully saturated rings. The first-order valence-electron chi connectivity index (χ1n) is 9.42. The number of hydrogen-bond acceptors (Lipinski definition) is 5. The first-order chi connectivity index (χ1) is 12.4. The lowest BCUT2D eigenvalue weighted by Gasteiger charge is -2.28. The molecule has 27 heavy (non-hydrogen) atoms. The molecule has 2 aliphatic rings. The third kappa shape index (κ3) is 3.73. The van der Waals surface area contributed by atoms with Crippen LogP contribution >= 0.6 is 12.4 Å². The molecule has 1 aromatic carbocycles. The highest BCUT2D eigenvalue weighted by Crippen LogP contribution is 2.32. The van der Waals surface area contributed by atoms with Crippen LogP contribution in [-0.2, 0) is 5.41 Å². The summed E-state index contributed by atoms with van der Waals surface area (Å²) in [6.07, 6.45) is 3.18. The molecule has 3 heterocycles. The maximum absolute atomic E-state index is 13.4. The Hall–Kier alpha value is -1.92. The predicted octanol–water partition coefficient (Wildman–Crippen LogP) is 3.42. The summed E-state index contributed by atoms with van der Waals surface area (Å²) in [7, 11) is 0. The van der Waals surface area contributed by atoms with Gasteiger partial charge in [0.05, 0.1) is 11.1 Å². The van der Waals surface area contributed by atoms with Crippen molar-refractivity contribution in [3.63, 3.8) is 0 Å². The number of rotatable bonds is 2. The molecule has 0 saturated carbocycles. The van der Waals surface area contributed by atoms with Gasteiger partial charge in [-0.2, -0.15) is 4.98 Å². The molecule has 1 N–H and O–H groups in total. The number of carbonyl (C=O) groups is 1. The van der Waals surface area contributed by atoms with Crippen molar-refractivity contribution < 1.29 is 9.32 Å². The van der Waals surface area contributed by atoms with Crippen molar-refractivity contribution in [3.05, 3.63) is 35.7 Å². The van der Waals surface area contributed by atoms with E-state index in [4.69, 9.17) is 4.52 Å². The van der Waals surface area contributed by atoms with E-state index in [-0.39, 0.29) is 29.8 Å². The molecular weight excluding hydrogens is 364 g/mol. The van der Waals surface area contributed by atoms with Crippen LogP contribution in [0.4, 0.5) is 0 Å². The topological polar surface area (TPSA) is 71.3 Å². The molecule has 1 amide bonds. The second kappa shape index (κ2) is 7.60. The van der Waals surface area contributed by atoms with Crippen LogP contribution in [0.25, 0.3) is 11.5 Å². The van der Waals surface area contributed by atoms with Gasteiger partial charge in [0.25, 0.3) is 11.8 Å². The molecule has 2 bridgehead atoms. The van der Waals surface area contributed by atoms with Crippen molar-refractivity contribution >= 4 is 18.3 Å². The van der Waals surface area contributed by atoms with Gasteiger partial charge < -0.3 is 14.7 Å². The van der Waals surface area contributed by atoms with Gasteiger partial charge in [-0.15, -0.1) is 12.4 Å². The molecule has 0 spiro atoms. The lowest BCUT2D eigenvalue weighted by molar-refractivity contribution is 0.0681. The molecule has 6 nitrogen and oxygen atoms in total. The Kier molecular flexibility index (Phi) is 5.58. The van der Waals surface area contributed by atoms with Crippen LogP contribution in [0.2, 0.25) is 0 Å². The molecule has 0 radical (unpaired) electrons. The standard InChI is InChI=1S/C20H26N4O2.ClH/c1-20(2,3)19-22-17(26-23-19)15-6-4-5-7-16(15)18(25)24-13-8-9-14(24)12-21-11-10-13;/h4-7,13-14,21H,8-12H2,1-3H3;1H. The van der Waals surface area contributed by atoms with E-state index in [0.29, 0.717) is 23.3 Å². The highest BCUT2D eigenvalue weighted by molar-refractivity contribution is 6.00. The van der Waals surface area contributed by atoms with Gasteiger partial charge in [-0.25, -0.2) is 0 Å². The molecule has 7 heteroatoms. The van der Waals surface area contributed by atoms with E-state index in [0.717, 1.165) is 37.9 Å². The van der Waals surface area contributed by atoms with Crippen molar-refractivity contribution in [3.8, 4) is 11.5 Å². The van der Waals surface area contributed by atoms with Crippen molar-refractivity contribution in [2.45, 2.75) is 57.5 Å². The van der Waals surface area contributed by atoms with Crippen LogP contribution in [0.1, 0.15) is 56.2 Å². The molecule has 0 aliphatic carbocycles. The minimum absolute atomic E-state index is 0. The summed E-state index contributed by atoms with van der Waals surface area (Å²) in [4.78, 5) is 20.1. The SMILES string of the molecule is CC(C)(C)c1noc(-c2ccccc2C(=O)N2C3CCNCC2CC3)n1.Cl. The van der Waals surface area contributed by atoms with E-state index in [1.165, 1.54) is 0 Å². The fourth-order valence-electron chi connectivity index (χ4n) is 3.95. The largest absolute Gasteiger partial charge is 0.334 e. The zero-order chi connectivity index (χ0) is 18.3. The van der Waals surface area contributed by atoms with Crippen LogP contribution in [0.5, 0.6) is 0 Å². The van der Waals surface area contributed by atoms with E-state index in [9.17, 15) is 4.79 Å². The Bertz CT molecular complexity index is 800. The van der Waals surface area contributed by atoms with Gasteiger partial charge in [0, 0.05) is 24.0 Å². The van der Waals surface area contributed by atoms with Crippen LogP contribution < -0.4 is 5.32 Å². The van der Waals surface area contributed by atoms with Crippen LogP contribution in [0, 0.1) is 0 Å². The highest BCUT2D eigenvalue weighted by atomic mass is 35.5. The number of nitrogens with zero attached hydrogens (tertiary/aromatic N) is 3. The number of carbonyl (C=O) groups excluding carboxylic acids is 1. The summed E-state index contributed by atoms with van der Waals surface area (Å²) in [6, 6.07) is 8.17. The average Bonchev–Trinajstić information content (AvgIpc) is 3.18. The van der Waals surface area contributed by atoms with Crippen molar-refractivity contribution in [2.75, 3.05) is 13.1 Å². The van der Waals surface area contributed by atoms with E-state index in [2.05, 4.69) is 20.4 Å².